The molecule has 0 amide bonds. The Morgan fingerprint density at radius 3 is 3.00 bits per heavy atom. The number of nitrogens with zero attached hydrogens (tertiary/aromatic N) is 4. The third kappa shape index (κ3) is 3.37. The largest absolute Gasteiger partial charge is 0.305 e. The minimum Gasteiger partial charge on any atom is -0.305 e. The molecular formula is C14H14BrN5S. The van der Waals surface area contributed by atoms with E-state index in [0.29, 0.717) is 0 Å². The molecule has 7 heteroatoms. The van der Waals surface area contributed by atoms with Gasteiger partial charge in [0.15, 0.2) is 0 Å². The number of aromatic nitrogens is 4. The van der Waals surface area contributed by atoms with Gasteiger partial charge in [0.25, 0.3) is 0 Å². The van der Waals surface area contributed by atoms with Crippen molar-refractivity contribution < 1.29 is 0 Å². The monoisotopic (exact) mass is 363 g/mol. The molecule has 0 saturated heterocycles. The van der Waals surface area contributed by atoms with Crippen LogP contribution in [0.4, 0.5) is 0 Å². The summed E-state index contributed by atoms with van der Waals surface area (Å²) in [7, 11) is 0. The quantitative estimate of drug-likeness (QED) is 0.755. The molecule has 2 aromatic heterocycles. The van der Waals surface area contributed by atoms with Gasteiger partial charge in [-0.3, -0.25) is 0 Å². The van der Waals surface area contributed by atoms with E-state index < -0.39 is 0 Å². The fourth-order valence-corrected chi connectivity index (χ4v) is 3.47. The third-order valence-electron chi connectivity index (χ3n) is 3.24. The highest BCUT2D eigenvalue weighted by atomic mass is 79.9. The highest BCUT2D eigenvalue weighted by Crippen LogP contribution is 2.23. The normalized spacial score (nSPS) is 12.5. The molecule has 0 aliphatic carbocycles. The van der Waals surface area contributed by atoms with Gasteiger partial charge in [-0.05, 0) is 62.4 Å². The minimum absolute atomic E-state index is 0.246. The number of tetrazole rings is 1. The number of benzene rings is 1. The van der Waals surface area contributed by atoms with Crippen LogP contribution in [0.1, 0.15) is 23.4 Å². The Balaban J connectivity index is 1.71. The zero-order chi connectivity index (χ0) is 14.7. The van der Waals surface area contributed by atoms with Gasteiger partial charge < -0.3 is 5.32 Å². The zero-order valence-corrected chi connectivity index (χ0v) is 13.8. The van der Waals surface area contributed by atoms with E-state index in [0.717, 1.165) is 16.7 Å². The van der Waals surface area contributed by atoms with Crippen molar-refractivity contribution in [3.05, 3.63) is 57.0 Å². The summed E-state index contributed by atoms with van der Waals surface area (Å²) >= 11 is 5.30. The zero-order valence-electron chi connectivity index (χ0n) is 11.4. The highest BCUT2D eigenvalue weighted by Gasteiger charge is 2.08. The molecule has 1 unspecified atom stereocenters. The fraction of sp³-hybridized carbons (Fsp3) is 0.214. The van der Waals surface area contributed by atoms with Crippen molar-refractivity contribution in [1.82, 2.24) is 25.5 Å². The molecule has 5 nitrogen and oxygen atoms in total. The first-order valence-electron chi connectivity index (χ1n) is 6.52. The standard InChI is InChI=1S/C14H14BrN5S/c1-10(16-8-14-13(15)5-6-21-14)11-3-2-4-12(7-11)20-9-17-18-19-20/h2-7,9-10,16H,8H2,1H3. The van der Waals surface area contributed by atoms with E-state index >= 15 is 0 Å². The SMILES string of the molecule is CC(NCc1sccc1Br)c1cccc(-n2cnnn2)c1. The van der Waals surface area contributed by atoms with Crippen LogP contribution in [-0.2, 0) is 6.54 Å². The van der Waals surface area contributed by atoms with E-state index in [1.807, 2.05) is 12.1 Å². The number of nitrogens with one attached hydrogen (secondary N) is 1. The predicted octanol–water partition coefficient (Wildman–Crippen LogP) is 3.34. The van der Waals surface area contributed by atoms with Gasteiger partial charge in [0, 0.05) is 21.9 Å². The van der Waals surface area contributed by atoms with Crippen LogP contribution in [0.5, 0.6) is 0 Å². The summed E-state index contributed by atoms with van der Waals surface area (Å²) in [6.07, 6.45) is 1.60. The van der Waals surface area contributed by atoms with E-state index in [4.69, 9.17) is 0 Å². The molecular weight excluding hydrogens is 350 g/mol. The first-order chi connectivity index (χ1) is 10.2. The summed E-state index contributed by atoms with van der Waals surface area (Å²) in [4.78, 5) is 1.30. The van der Waals surface area contributed by atoms with Gasteiger partial charge >= 0.3 is 0 Å². The summed E-state index contributed by atoms with van der Waals surface area (Å²) in [5, 5.41) is 16.9. The topological polar surface area (TPSA) is 55.6 Å². The molecule has 0 radical (unpaired) electrons. The molecule has 3 aromatic rings. The maximum absolute atomic E-state index is 3.92. The van der Waals surface area contributed by atoms with Crippen molar-refractivity contribution in [3.8, 4) is 5.69 Å². The first kappa shape index (κ1) is 14.4. The molecule has 0 aliphatic rings. The van der Waals surface area contributed by atoms with Gasteiger partial charge in [-0.25, -0.2) is 4.68 Å². The van der Waals surface area contributed by atoms with E-state index in [1.54, 1.807) is 22.3 Å². The van der Waals surface area contributed by atoms with Crippen LogP contribution in [-0.4, -0.2) is 20.2 Å². The van der Waals surface area contributed by atoms with E-state index in [-0.39, 0.29) is 6.04 Å². The van der Waals surface area contributed by atoms with Crippen molar-refractivity contribution in [1.29, 1.82) is 0 Å². The number of hydrogen-bond donors (Lipinski definition) is 1. The van der Waals surface area contributed by atoms with Gasteiger partial charge in [0.05, 0.1) is 5.69 Å². The van der Waals surface area contributed by atoms with Crippen LogP contribution in [0, 0.1) is 0 Å². The van der Waals surface area contributed by atoms with Crippen LogP contribution in [0.2, 0.25) is 0 Å². The molecule has 2 heterocycles. The second kappa shape index (κ2) is 6.46. The Morgan fingerprint density at radius 1 is 1.38 bits per heavy atom. The lowest BCUT2D eigenvalue weighted by atomic mass is 10.1. The third-order valence-corrected chi connectivity index (χ3v) is 5.17. The first-order valence-corrected chi connectivity index (χ1v) is 8.20. The lowest BCUT2D eigenvalue weighted by Gasteiger charge is -2.15. The number of rotatable bonds is 5. The molecule has 21 heavy (non-hydrogen) atoms. The van der Waals surface area contributed by atoms with Crippen molar-refractivity contribution >= 4 is 27.3 Å². The molecule has 0 bridgehead atoms. The van der Waals surface area contributed by atoms with Gasteiger partial charge in [0.2, 0.25) is 0 Å². The minimum atomic E-state index is 0.246. The maximum Gasteiger partial charge on any atom is 0.143 e. The Morgan fingerprint density at radius 2 is 2.29 bits per heavy atom. The van der Waals surface area contributed by atoms with Gasteiger partial charge in [-0.1, -0.05) is 12.1 Å². The summed E-state index contributed by atoms with van der Waals surface area (Å²) < 4.78 is 2.82. The lowest BCUT2D eigenvalue weighted by molar-refractivity contribution is 0.577. The van der Waals surface area contributed by atoms with E-state index in [9.17, 15) is 0 Å². The van der Waals surface area contributed by atoms with Crippen molar-refractivity contribution in [3.63, 3.8) is 0 Å². The Labute approximate surface area is 135 Å². The van der Waals surface area contributed by atoms with Crippen LogP contribution in [0.15, 0.2) is 46.5 Å². The summed E-state index contributed by atoms with van der Waals surface area (Å²) in [6.45, 7) is 2.99. The maximum atomic E-state index is 3.92. The average molecular weight is 364 g/mol. The van der Waals surface area contributed by atoms with Gasteiger partial charge in [0.1, 0.15) is 6.33 Å². The molecule has 3 rings (SSSR count). The molecule has 0 fully saturated rings. The van der Waals surface area contributed by atoms with Crippen LogP contribution in [0.25, 0.3) is 5.69 Å². The Kier molecular flexibility index (Phi) is 4.42. The average Bonchev–Trinajstić information content (AvgIpc) is 3.16. The molecule has 1 atom stereocenters. The van der Waals surface area contributed by atoms with E-state index in [1.165, 1.54) is 10.4 Å². The van der Waals surface area contributed by atoms with Crippen molar-refractivity contribution in [2.45, 2.75) is 19.5 Å². The van der Waals surface area contributed by atoms with Gasteiger partial charge in [-0.15, -0.1) is 16.4 Å². The summed E-state index contributed by atoms with van der Waals surface area (Å²) in [5.74, 6) is 0. The van der Waals surface area contributed by atoms with Crippen molar-refractivity contribution in [2.24, 2.45) is 0 Å². The highest BCUT2D eigenvalue weighted by molar-refractivity contribution is 9.10. The van der Waals surface area contributed by atoms with Gasteiger partial charge in [-0.2, -0.15) is 0 Å². The molecule has 1 N–H and O–H groups in total. The lowest BCUT2D eigenvalue weighted by Crippen LogP contribution is -2.17. The second-order valence-electron chi connectivity index (χ2n) is 4.64. The molecule has 0 saturated carbocycles. The molecule has 108 valence electrons. The molecule has 0 aliphatic heterocycles. The number of halogens is 1. The van der Waals surface area contributed by atoms with Crippen LogP contribution < -0.4 is 5.32 Å². The second-order valence-corrected chi connectivity index (χ2v) is 6.50. The fourth-order valence-electron chi connectivity index (χ4n) is 2.03. The Bertz CT molecular complexity index is 710. The van der Waals surface area contributed by atoms with Crippen LogP contribution in [0.3, 0.4) is 0 Å². The van der Waals surface area contributed by atoms with E-state index in [2.05, 4.69) is 67.3 Å². The number of hydrogen-bond acceptors (Lipinski definition) is 5. The molecule has 0 spiro atoms. The summed E-state index contributed by atoms with van der Waals surface area (Å²) in [5.41, 5.74) is 2.17. The smallest absolute Gasteiger partial charge is 0.143 e. The summed E-state index contributed by atoms with van der Waals surface area (Å²) in [6, 6.07) is 10.5. The van der Waals surface area contributed by atoms with Crippen LogP contribution >= 0.6 is 27.3 Å². The predicted molar refractivity (Wildman–Crippen MR) is 86.4 cm³/mol. The Hall–Kier alpha value is -1.57. The number of thiophene rings is 1. The molecule has 1 aromatic carbocycles. The van der Waals surface area contributed by atoms with Crippen molar-refractivity contribution in [2.75, 3.05) is 0 Å².